The van der Waals surface area contributed by atoms with E-state index in [9.17, 15) is 19.2 Å². The number of aromatic amines is 1. The van der Waals surface area contributed by atoms with Crippen LogP contribution in [0.4, 0.5) is 5.69 Å². The van der Waals surface area contributed by atoms with Crippen molar-refractivity contribution in [3.05, 3.63) is 166 Å². The molecule has 4 heterocycles. The van der Waals surface area contributed by atoms with Crippen molar-refractivity contribution in [2.75, 3.05) is 31.5 Å². The van der Waals surface area contributed by atoms with E-state index in [0.29, 0.717) is 90.0 Å². The molecule has 63 heavy (non-hydrogen) atoms. The summed E-state index contributed by atoms with van der Waals surface area (Å²) in [5, 5.41) is 3.58. The smallest absolute Gasteiger partial charge is 0.503 e. The third-order valence-electron chi connectivity index (χ3n) is 13.0. The van der Waals surface area contributed by atoms with Gasteiger partial charge in [0.15, 0.2) is 5.60 Å². The number of nitrogens with two attached hydrogens (primary N) is 2. The van der Waals surface area contributed by atoms with Crippen LogP contribution in [0.25, 0.3) is 10.9 Å². The molecule has 12 nitrogen and oxygen atoms in total. The van der Waals surface area contributed by atoms with Crippen LogP contribution in [0.3, 0.4) is 0 Å². The summed E-state index contributed by atoms with van der Waals surface area (Å²) in [6, 6.07) is 39.7. The Labute approximate surface area is 367 Å². The zero-order valence-corrected chi connectivity index (χ0v) is 35.1. The lowest BCUT2D eigenvalue weighted by atomic mass is 9.76. The van der Waals surface area contributed by atoms with E-state index in [2.05, 4.69) is 34.6 Å². The number of nitrogens with zero attached hydrogens (tertiary/aromatic N) is 2. The second-order valence-corrected chi connectivity index (χ2v) is 16.9. The molecule has 9 rings (SSSR count). The summed E-state index contributed by atoms with van der Waals surface area (Å²) in [4.78, 5) is 62.6. The molecule has 320 valence electrons. The Morgan fingerprint density at radius 3 is 1.94 bits per heavy atom. The predicted molar refractivity (Wildman–Crippen MR) is 243 cm³/mol. The largest absolute Gasteiger partial charge is 0.566 e. The van der Waals surface area contributed by atoms with Crippen LogP contribution < -0.4 is 22.2 Å². The van der Waals surface area contributed by atoms with Crippen LogP contribution in [0.15, 0.2) is 127 Å². The van der Waals surface area contributed by atoms with E-state index in [-0.39, 0.29) is 18.2 Å². The van der Waals surface area contributed by atoms with E-state index < -0.39 is 24.6 Å². The number of likely N-dealkylation sites (tertiary alicyclic amines) is 2. The monoisotopic (exact) mass is 842 g/mol. The Morgan fingerprint density at radius 2 is 1.30 bits per heavy atom. The molecule has 5 aromatic carbocycles. The van der Waals surface area contributed by atoms with Crippen LogP contribution >= 0.6 is 0 Å². The summed E-state index contributed by atoms with van der Waals surface area (Å²) < 4.78 is 12.6. The molecular weight excluding hydrogens is 791 g/mol. The van der Waals surface area contributed by atoms with Crippen LogP contribution in [0.5, 0.6) is 0 Å². The Morgan fingerprint density at radius 1 is 0.698 bits per heavy atom. The number of amides is 3. The maximum atomic E-state index is 14.1. The first-order chi connectivity index (χ1) is 30.7. The maximum absolute atomic E-state index is 14.1. The molecule has 3 amide bonds. The highest BCUT2D eigenvalue weighted by atomic mass is 16.7. The van der Waals surface area contributed by atoms with Crippen molar-refractivity contribution in [1.82, 2.24) is 14.8 Å². The molecule has 6 aromatic rings. The average Bonchev–Trinajstić information content (AvgIpc) is 3.93. The number of aromatic nitrogens is 1. The number of anilines is 1. The van der Waals surface area contributed by atoms with Gasteiger partial charge in [0, 0.05) is 66.9 Å². The highest BCUT2D eigenvalue weighted by Gasteiger charge is 2.56. The van der Waals surface area contributed by atoms with Gasteiger partial charge >= 0.3 is 13.1 Å². The zero-order valence-electron chi connectivity index (χ0n) is 35.1. The predicted octanol–water partition coefficient (Wildman–Crippen LogP) is 6.32. The number of carbonyl (C=O) groups is 4. The molecule has 3 saturated heterocycles. The summed E-state index contributed by atoms with van der Waals surface area (Å²) in [5.41, 5.74) is 17.7. The molecular formula is C50H51BN6O6. The molecule has 13 heteroatoms. The van der Waals surface area contributed by atoms with Crippen LogP contribution in [0, 0.1) is 0 Å². The topological polar surface area (TPSA) is 173 Å². The van der Waals surface area contributed by atoms with Crippen molar-refractivity contribution in [1.29, 1.82) is 0 Å². The molecule has 0 bridgehead atoms. The van der Waals surface area contributed by atoms with E-state index in [4.69, 9.17) is 20.8 Å². The fraction of sp³-hybridized carbons (Fsp3) is 0.280. The van der Waals surface area contributed by atoms with E-state index in [0.717, 1.165) is 36.8 Å². The van der Waals surface area contributed by atoms with E-state index in [1.54, 1.807) is 60.7 Å². The SMILES string of the molecule is NCc1cccc(C2CCN(C(=O)c3cccc(NC(=O)C[C@]4(c5ccccc5)OB(c5cccc6[nH]c(C(=O)N7CCC(c8cccc(CN)c8)CC7)cc56)OC4=O)c3)CC2)c1. The lowest BCUT2D eigenvalue weighted by Gasteiger charge is -2.32. The van der Waals surface area contributed by atoms with E-state index in [1.165, 1.54) is 11.1 Å². The number of hydrogen-bond donors (Lipinski definition) is 4. The van der Waals surface area contributed by atoms with Gasteiger partial charge in [0.2, 0.25) is 5.91 Å². The second-order valence-electron chi connectivity index (χ2n) is 16.9. The lowest BCUT2D eigenvalue weighted by Crippen LogP contribution is -2.40. The first kappa shape index (κ1) is 41.8. The quantitative estimate of drug-likeness (QED) is 0.110. The molecule has 6 N–H and O–H groups in total. The number of rotatable bonds is 11. The first-order valence-electron chi connectivity index (χ1n) is 21.8. The minimum absolute atomic E-state index is 0.106. The van der Waals surface area contributed by atoms with Crippen molar-refractivity contribution in [2.45, 2.75) is 62.6 Å². The minimum atomic E-state index is -1.78. The molecule has 0 aliphatic carbocycles. The second kappa shape index (κ2) is 18.1. The number of piperidine rings is 2. The molecule has 0 spiro atoms. The summed E-state index contributed by atoms with van der Waals surface area (Å²) in [5.74, 6) is -0.702. The number of H-pyrrole nitrogens is 1. The summed E-state index contributed by atoms with van der Waals surface area (Å²) in [7, 11) is -1.16. The molecule has 3 fully saturated rings. The van der Waals surface area contributed by atoms with Crippen molar-refractivity contribution in [2.24, 2.45) is 11.5 Å². The zero-order chi connectivity index (χ0) is 43.5. The molecule has 3 aliphatic rings. The van der Waals surface area contributed by atoms with E-state index in [1.807, 2.05) is 52.3 Å². The van der Waals surface area contributed by atoms with Gasteiger partial charge in [-0.2, -0.15) is 0 Å². The number of benzene rings is 5. The molecule has 0 radical (unpaired) electrons. The Hall–Kier alpha value is -6.54. The van der Waals surface area contributed by atoms with Gasteiger partial charge in [0.25, 0.3) is 11.8 Å². The molecule has 1 atom stereocenters. The van der Waals surface area contributed by atoms with Crippen LogP contribution in [0.2, 0.25) is 0 Å². The number of nitrogens with one attached hydrogen (secondary N) is 2. The Balaban J connectivity index is 0.879. The van der Waals surface area contributed by atoms with Gasteiger partial charge in [-0.15, -0.1) is 0 Å². The first-order valence-corrected chi connectivity index (χ1v) is 21.8. The Kier molecular flexibility index (Phi) is 12.0. The standard InChI is InChI=1S/C50H51BN6O6/c52-31-33-8-4-10-37(26-33)35-18-22-56(23-19-35)47(59)39-12-6-15-41(28-39)54-46(58)30-50(40-13-2-1-3-14-40)49(61)62-51(63-50)43-16-7-17-44-42(43)29-45(55-44)48(60)57-24-20-36(21-25-57)38-11-5-9-34(27-38)32-53/h1-17,26-29,35-36,55H,18-25,30-32,52-53H2,(H,54,58)/t50-/m1/s1. The van der Waals surface area contributed by atoms with Crippen LogP contribution in [-0.2, 0) is 37.6 Å². The van der Waals surface area contributed by atoms with Gasteiger partial charge in [0.05, 0.1) is 6.42 Å². The highest BCUT2D eigenvalue weighted by molar-refractivity contribution is 6.67. The minimum Gasteiger partial charge on any atom is -0.503 e. The third kappa shape index (κ3) is 8.64. The average molecular weight is 843 g/mol. The number of carbonyl (C=O) groups excluding carboxylic acids is 4. The summed E-state index contributed by atoms with van der Waals surface area (Å²) in [6.07, 6.45) is 3.00. The highest BCUT2D eigenvalue weighted by Crippen LogP contribution is 2.38. The number of fused-ring (bicyclic) bond motifs is 1. The van der Waals surface area contributed by atoms with Crippen LogP contribution in [0.1, 0.15) is 92.6 Å². The van der Waals surface area contributed by atoms with Gasteiger partial charge < -0.3 is 40.9 Å². The summed E-state index contributed by atoms with van der Waals surface area (Å²) in [6.45, 7) is 3.46. The van der Waals surface area contributed by atoms with Crippen molar-refractivity contribution in [3.63, 3.8) is 0 Å². The van der Waals surface area contributed by atoms with Gasteiger partial charge in [0.1, 0.15) is 5.69 Å². The number of hydrogen-bond acceptors (Lipinski definition) is 8. The normalized spacial score (nSPS) is 18.4. The Bertz CT molecular complexity index is 2650. The van der Waals surface area contributed by atoms with Crippen molar-refractivity contribution < 1.29 is 28.5 Å². The maximum Gasteiger partial charge on any atom is 0.566 e. The van der Waals surface area contributed by atoms with Gasteiger partial charge in [-0.1, -0.05) is 97.1 Å². The summed E-state index contributed by atoms with van der Waals surface area (Å²) >= 11 is 0. The van der Waals surface area contributed by atoms with Crippen molar-refractivity contribution >= 4 is 52.9 Å². The van der Waals surface area contributed by atoms with Gasteiger partial charge in [-0.05, 0) is 95.7 Å². The fourth-order valence-corrected chi connectivity index (χ4v) is 9.48. The molecule has 0 saturated carbocycles. The van der Waals surface area contributed by atoms with E-state index >= 15 is 0 Å². The van der Waals surface area contributed by atoms with Gasteiger partial charge in [-0.25, -0.2) is 0 Å². The lowest BCUT2D eigenvalue weighted by molar-refractivity contribution is -0.146. The molecule has 1 aromatic heterocycles. The molecule has 3 aliphatic heterocycles. The van der Waals surface area contributed by atoms with Crippen molar-refractivity contribution in [3.8, 4) is 0 Å². The molecule has 0 unspecified atom stereocenters. The third-order valence-corrected chi connectivity index (χ3v) is 13.0. The van der Waals surface area contributed by atoms with Crippen LogP contribution in [-0.4, -0.2) is 71.8 Å². The van der Waals surface area contributed by atoms with Gasteiger partial charge in [-0.3, -0.25) is 19.2 Å². The fourth-order valence-electron chi connectivity index (χ4n) is 9.48.